The SMILES string of the molecule is CCC1(COc2nc(-c3ccc(C(C)C)cc3)cc3nccnc23)CN(C(N)=O)CCO1. The van der Waals surface area contributed by atoms with Gasteiger partial charge in [0, 0.05) is 24.5 Å². The minimum atomic E-state index is -0.654. The van der Waals surface area contributed by atoms with Crippen LogP contribution in [0.3, 0.4) is 0 Å². The Labute approximate surface area is 187 Å². The Balaban J connectivity index is 1.65. The number of pyridine rings is 1. The second-order valence-corrected chi connectivity index (χ2v) is 8.45. The van der Waals surface area contributed by atoms with Gasteiger partial charge in [0.2, 0.25) is 5.88 Å². The molecule has 1 aromatic carbocycles. The number of urea groups is 1. The molecule has 1 fully saturated rings. The highest BCUT2D eigenvalue weighted by atomic mass is 16.5. The van der Waals surface area contributed by atoms with E-state index in [1.807, 2.05) is 13.0 Å². The van der Waals surface area contributed by atoms with E-state index in [-0.39, 0.29) is 6.61 Å². The molecule has 2 aromatic heterocycles. The van der Waals surface area contributed by atoms with Crippen molar-refractivity contribution in [3.05, 3.63) is 48.3 Å². The highest BCUT2D eigenvalue weighted by molar-refractivity contribution is 5.83. The number of benzene rings is 1. The van der Waals surface area contributed by atoms with Crippen LogP contribution in [0.25, 0.3) is 22.3 Å². The summed E-state index contributed by atoms with van der Waals surface area (Å²) in [6, 6.07) is 9.82. The highest BCUT2D eigenvalue weighted by Gasteiger charge is 2.37. The standard InChI is InChI=1S/C24H29N5O3/c1-4-24(14-29(23(25)30)11-12-32-24)15-31-22-21-20(26-9-10-27-21)13-19(28-22)18-7-5-17(6-8-18)16(2)3/h5-10,13,16H,4,11-12,14-15H2,1-3H3,(H2,25,30). The molecule has 1 atom stereocenters. The number of morpholine rings is 1. The van der Waals surface area contributed by atoms with E-state index >= 15 is 0 Å². The van der Waals surface area contributed by atoms with Crippen LogP contribution in [0.4, 0.5) is 4.79 Å². The third kappa shape index (κ3) is 4.50. The Hall–Kier alpha value is -3.26. The van der Waals surface area contributed by atoms with E-state index in [0.717, 1.165) is 11.3 Å². The molecule has 2 N–H and O–H groups in total. The van der Waals surface area contributed by atoms with Crippen LogP contribution in [0.5, 0.6) is 5.88 Å². The van der Waals surface area contributed by atoms with E-state index in [1.54, 1.807) is 17.3 Å². The summed E-state index contributed by atoms with van der Waals surface area (Å²) >= 11 is 0. The predicted octanol–water partition coefficient (Wildman–Crippen LogP) is 3.75. The van der Waals surface area contributed by atoms with Gasteiger partial charge in [0.25, 0.3) is 0 Å². The maximum absolute atomic E-state index is 11.7. The molecule has 0 aliphatic carbocycles. The molecular formula is C24H29N5O3. The fourth-order valence-corrected chi connectivity index (χ4v) is 3.87. The van der Waals surface area contributed by atoms with Gasteiger partial charge in [-0.2, -0.15) is 0 Å². The van der Waals surface area contributed by atoms with Gasteiger partial charge in [-0.05, 0) is 24.0 Å². The molecule has 0 saturated carbocycles. The lowest BCUT2D eigenvalue weighted by Crippen LogP contribution is -2.57. The first-order valence-corrected chi connectivity index (χ1v) is 10.9. The van der Waals surface area contributed by atoms with Crippen molar-refractivity contribution in [2.45, 2.75) is 38.7 Å². The molecule has 8 nitrogen and oxygen atoms in total. The van der Waals surface area contributed by atoms with Crippen LogP contribution in [0.1, 0.15) is 38.7 Å². The van der Waals surface area contributed by atoms with Gasteiger partial charge in [0.15, 0.2) is 5.52 Å². The van der Waals surface area contributed by atoms with Crippen LogP contribution in [-0.2, 0) is 4.74 Å². The first kappa shape index (κ1) is 22.0. The lowest BCUT2D eigenvalue weighted by Gasteiger charge is -2.41. The maximum atomic E-state index is 11.7. The molecule has 8 heteroatoms. The fourth-order valence-electron chi connectivity index (χ4n) is 3.87. The molecular weight excluding hydrogens is 406 g/mol. The van der Waals surface area contributed by atoms with Gasteiger partial charge in [-0.3, -0.25) is 4.98 Å². The minimum absolute atomic E-state index is 0.224. The van der Waals surface area contributed by atoms with Crippen LogP contribution in [-0.4, -0.2) is 57.8 Å². The predicted molar refractivity (Wildman–Crippen MR) is 122 cm³/mol. The van der Waals surface area contributed by atoms with E-state index in [2.05, 4.69) is 48.1 Å². The summed E-state index contributed by atoms with van der Waals surface area (Å²) in [4.78, 5) is 26.9. The molecule has 1 unspecified atom stereocenters. The smallest absolute Gasteiger partial charge is 0.314 e. The van der Waals surface area contributed by atoms with Crippen molar-refractivity contribution >= 4 is 17.1 Å². The normalized spacial score (nSPS) is 18.8. The van der Waals surface area contributed by atoms with E-state index in [1.165, 1.54) is 5.56 Å². The number of carbonyl (C=O) groups excluding carboxylic acids is 1. The van der Waals surface area contributed by atoms with E-state index < -0.39 is 11.6 Å². The van der Waals surface area contributed by atoms with Gasteiger partial charge >= 0.3 is 6.03 Å². The summed E-state index contributed by atoms with van der Waals surface area (Å²) < 4.78 is 12.2. The van der Waals surface area contributed by atoms with Crippen molar-refractivity contribution in [3.63, 3.8) is 0 Å². The number of rotatable bonds is 6. The zero-order chi connectivity index (χ0) is 22.7. The highest BCUT2D eigenvalue weighted by Crippen LogP contribution is 2.30. The number of aromatic nitrogens is 3. The molecule has 0 radical (unpaired) electrons. The van der Waals surface area contributed by atoms with Crippen molar-refractivity contribution in [3.8, 4) is 17.1 Å². The number of amides is 2. The summed E-state index contributed by atoms with van der Waals surface area (Å²) in [7, 11) is 0. The van der Waals surface area contributed by atoms with Gasteiger partial charge in [-0.25, -0.2) is 14.8 Å². The molecule has 1 aliphatic heterocycles. The quantitative estimate of drug-likeness (QED) is 0.632. The summed E-state index contributed by atoms with van der Waals surface area (Å²) in [5, 5.41) is 0. The van der Waals surface area contributed by atoms with Gasteiger partial charge in [0.1, 0.15) is 12.2 Å². The first-order chi connectivity index (χ1) is 15.4. The Morgan fingerprint density at radius 3 is 2.69 bits per heavy atom. The molecule has 0 spiro atoms. The van der Waals surface area contributed by atoms with Gasteiger partial charge in [-0.15, -0.1) is 0 Å². The van der Waals surface area contributed by atoms with Crippen LogP contribution < -0.4 is 10.5 Å². The van der Waals surface area contributed by atoms with E-state index in [0.29, 0.717) is 48.9 Å². The van der Waals surface area contributed by atoms with Crippen LogP contribution in [0.15, 0.2) is 42.7 Å². The van der Waals surface area contributed by atoms with E-state index in [9.17, 15) is 4.79 Å². The van der Waals surface area contributed by atoms with Crippen molar-refractivity contribution in [1.29, 1.82) is 0 Å². The van der Waals surface area contributed by atoms with Crippen LogP contribution >= 0.6 is 0 Å². The van der Waals surface area contributed by atoms with Crippen LogP contribution in [0.2, 0.25) is 0 Å². The Morgan fingerprint density at radius 1 is 1.25 bits per heavy atom. The Bertz CT molecular complexity index is 1100. The third-order valence-electron chi connectivity index (χ3n) is 5.97. The molecule has 4 rings (SSSR count). The second-order valence-electron chi connectivity index (χ2n) is 8.45. The molecule has 168 valence electrons. The topological polar surface area (TPSA) is 103 Å². The number of nitrogens with zero attached hydrogens (tertiary/aromatic N) is 4. The van der Waals surface area contributed by atoms with Gasteiger partial charge in [-0.1, -0.05) is 45.0 Å². The Morgan fingerprint density at radius 2 is 2.00 bits per heavy atom. The molecule has 32 heavy (non-hydrogen) atoms. The third-order valence-corrected chi connectivity index (χ3v) is 5.97. The molecule has 3 heterocycles. The van der Waals surface area contributed by atoms with Gasteiger partial charge in [0.05, 0.1) is 24.4 Å². The van der Waals surface area contributed by atoms with Crippen molar-refractivity contribution in [2.75, 3.05) is 26.3 Å². The summed E-state index contributed by atoms with van der Waals surface area (Å²) in [5.41, 5.74) is 9.14. The number of primary amides is 1. The second kappa shape index (κ2) is 9.08. The maximum Gasteiger partial charge on any atom is 0.314 e. The monoisotopic (exact) mass is 435 g/mol. The zero-order valence-corrected chi connectivity index (χ0v) is 18.7. The lowest BCUT2D eigenvalue weighted by molar-refractivity contribution is -0.119. The first-order valence-electron chi connectivity index (χ1n) is 10.9. The number of nitrogens with two attached hydrogens (primary N) is 1. The minimum Gasteiger partial charge on any atom is -0.473 e. The number of hydrogen-bond acceptors (Lipinski definition) is 6. The van der Waals surface area contributed by atoms with Crippen molar-refractivity contribution in [1.82, 2.24) is 19.9 Å². The molecule has 2 amide bonds. The number of ether oxygens (including phenoxy) is 2. The zero-order valence-electron chi connectivity index (χ0n) is 18.7. The molecule has 1 aliphatic rings. The largest absolute Gasteiger partial charge is 0.473 e. The average Bonchev–Trinajstić information content (AvgIpc) is 2.82. The summed E-state index contributed by atoms with van der Waals surface area (Å²) in [6.45, 7) is 7.83. The molecule has 3 aromatic rings. The number of carbonyl (C=O) groups is 1. The molecule has 0 bridgehead atoms. The Kier molecular flexibility index (Phi) is 6.23. The average molecular weight is 436 g/mol. The summed E-state index contributed by atoms with van der Waals surface area (Å²) in [5.74, 6) is 0.852. The number of fused-ring (bicyclic) bond motifs is 1. The van der Waals surface area contributed by atoms with E-state index in [4.69, 9.17) is 20.2 Å². The van der Waals surface area contributed by atoms with Gasteiger partial charge < -0.3 is 20.1 Å². The lowest BCUT2D eigenvalue weighted by atomic mass is 9.99. The fraction of sp³-hybridized carbons (Fsp3) is 0.417. The summed E-state index contributed by atoms with van der Waals surface area (Å²) in [6.07, 6.45) is 3.94. The number of hydrogen-bond donors (Lipinski definition) is 1. The molecule has 1 saturated heterocycles. The van der Waals surface area contributed by atoms with Crippen molar-refractivity contribution < 1.29 is 14.3 Å². The van der Waals surface area contributed by atoms with Crippen LogP contribution in [0, 0.1) is 0 Å². The van der Waals surface area contributed by atoms with Crippen molar-refractivity contribution in [2.24, 2.45) is 5.73 Å².